The highest BCUT2D eigenvalue weighted by Gasteiger charge is 2.25. The summed E-state index contributed by atoms with van der Waals surface area (Å²) in [5.41, 5.74) is 2.14. The van der Waals surface area contributed by atoms with Crippen molar-refractivity contribution in [2.24, 2.45) is 0 Å². The lowest BCUT2D eigenvalue weighted by atomic mass is 10.3. The van der Waals surface area contributed by atoms with Crippen molar-refractivity contribution in [3.63, 3.8) is 0 Å². The first-order chi connectivity index (χ1) is 13.5. The zero-order valence-electron chi connectivity index (χ0n) is 17.1. The van der Waals surface area contributed by atoms with Gasteiger partial charge in [0.2, 0.25) is 0 Å². The van der Waals surface area contributed by atoms with Crippen LogP contribution in [0.15, 0.2) is 30.6 Å². The van der Waals surface area contributed by atoms with Gasteiger partial charge in [-0.15, -0.1) is 0 Å². The van der Waals surface area contributed by atoms with Crippen LogP contribution in [-0.4, -0.2) is 67.9 Å². The molecule has 148 valence electrons. The van der Waals surface area contributed by atoms with Gasteiger partial charge in [0.25, 0.3) is 5.91 Å². The van der Waals surface area contributed by atoms with E-state index in [1.165, 1.54) is 0 Å². The molecule has 0 aromatic carbocycles. The number of hydrogen-bond donors (Lipinski definition) is 0. The Bertz CT molecular complexity index is 1000. The second-order valence-corrected chi connectivity index (χ2v) is 7.86. The van der Waals surface area contributed by atoms with Crippen LogP contribution in [-0.2, 0) is 0 Å². The molecule has 1 fully saturated rings. The van der Waals surface area contributed by atoms with Gasteiger partial charge in [-0.25, -0.2) is 9.97 Å². The molecule has 0 saturated carbocycles. The summed E-state index contributed by atoms with van der Waals surface area (Å²) in [5.74, 6) is 1.67. The molecule has 1 amide bonds. The first kappa shape index (κ1) is 18.7. The number of nitrogens with zero attached hydrogens (tertiary/aromatic N) is 6. The van der Waals surface area contributed by atoms with Crippen molar-refractivity contribution in [1.82, 2.24) is 28.7 Å². The van der Waals surface area contributed by atoms with Crippen LogP contribution in [0.25, 0.3) is 17.0 Å². The van der Waals surface area contributed by atoms with Gasteiger partial charge in [0.1, 0.15) is 11.5 Å². The van der Waals surface area contributed by atoms with Crippen molar-refractivity contribution in [2.45, 2.75) is 33.2 Å². The molecule has 0 atom stereocenters. The third-order valence-electron chi connectivity index (χ3n) is 5.46. The van der Waals surface area contributed by atoms with Crippen LogP contribution in [0, 0.1) is 6.92 Å². The van der Waals surface area contributed by atoms with Crippen LogP contribution in [0.2, 0.25) is 0 Å². The summed E-state index contributed by atoms with van der Waals surface area (Å²) in [7, 11) is 2.10. The monoisotopic (exact) mass is 380 g/mol. The molecule has 28 heavy (non-hydrogen) atoms. The molecule has 0 unspecified atom stereocenters. The lowest BCUT2D eigenvalue weighted by Crippen LogP contribution is -2.34. The van der Waals surface area contributed by atoms with Gasteiger partial charge in [0, 0.05) is 38.1 Å². The average Bonchev–Trinajstić information content (AvgIpc) is 3.17. The average molecular weight is 380 g/mol. The van der Waals surface area contributed by atoms with Crippen molar-refractivity contribution in [2.75, 3.05) is 33.2 Å². The highest BCUT2D eigenvalue weighted by Crippen LogP contribution is 2.25. The predicted octanol–water partition coefficient (Wildman–Crippen LogP) is 2.86. The standard InChI is InChI=1S/C21H28N6O/c1-15(2)27-14-17(22-16(27)3)20-23-19(18-8-5-6-11-26(18)20)21(28)25-10-7-9-24(4)12-13-25/h5-6,8,11,14-15H,7,9-10,12-13H2,1-4H3. The van der Waals surface area contributed by atoms with Crippen LogP contribution in [0.5, 0.6) is 0 Å². The van der Waals surface area contributed by atoms with Crippen LogP contribution < -0.4 is 0 Å². The van der Waals surface area contributed by atoms with Crippen molar-refractivity contribution in [3.8, 4) is 11.5 Å². The van der Waals surface area contributed by atoms with Gasteiger partial charge in [-0.2, -0.15) is 0 Å². The smallest absolute Gasteiger partial charge is 0.274 e. The Morgan fingerprint density at radius 1 is 1.11 bits per heavy atom. The van der Waals surface area contributed by atoms with E-state index >= 15 is 0 Å². The van der Waals surface area contributed by atoms with Gasteiger partial charge in [-0.05, 0) is 52.9 Å². The minimum atomic E-state index is 0.00487. The Labute approximate surface area is 165 Å². The quantitative estimate of drug-likeness (QED) is 0.701. The molecule has 0 bridgehead atoms. The maximum absolute atomic E-state index is 13.3. The Balaban J connectivity index is 1.76. The molecular formula is C21H28N6O. The molecule has 0 aliphatic carbocycles. The van der Waals surface area contributed by atoms with Gasteiger partial charge in [-0.3, -0.25) is 9.20 Å². The van der Waals surface area contributed by atoms with E-state index in [4.69, 9.17) is 9.97 Å². The molecule has 4 rings (SSSR count). The first-order valence-corrected chi connectivity index (χ1v) is 9.96. The first-order valence-electron chi connectivity index (χ1n) is 9.96. The second kappa shape index (κ2) is 7.39. The number of likely N-dealkylation sites (N-methyl/N-ethyl adjacent to an activating group) is 1. The van der Waals surface area contributed by atoms with Gasteiger partial charge in [0.05, 0.1) is 5.52 Å². The highest BCUT2D eigenvalue weighted by atomic mass is 16.2. The van der Waals surface area contributed by atoms with Crippen molar-refractivity contribution in [3.05, 3.63) is 42.1 Å². The minimum absolute atomic E-state index is 0.00487. The third kappa shape index (κ3) is 3.30. The molecule has 7 nitrogen and oxygen atoms in total. The number of aryl methyl sites for hydroxylation is 1. The number of aromatic nitrogens is 4. The lowest BCUT2D eigenvalue weighted by molar-refractivity contribution is 0.0759. The molecule has 1 aliphatic rings. The molecule has 0 radical (unpaired) electrons. The normalized spacial score (nSPS) is 16.1. The molecular weight excluding hydrogens is 352 g/mol. The van der Waals surface area contributed by atoms with Crippen LogP contribution >= 0.6 is 0 Å². The van der Waals surface area contributed by atoms with Gasteiger partial charge < -0.3 is 14.4 Å². The molecule has 1 saturated heterocycles. The Morgan fingerprint density at radius 3 is 2.68 bits per heavy atom. The number of rotatable bonds is 3. The third-order valence-corrected chi connectivity index (χ3v) is 5.46. The Hall–Kier alpha value is -2.67. The van der Waals surface area contributed by atoms with Crippen molar-refractivity contribution in [1.29, 1.82) is 0 Å². The van der Waals surface area contributed by atoms with E-state index < -0.39 is 0 Å². The number of imidazole rings is 2. The van der Waals surface area contributed by atoms with E-state index in [-0.39, 0.29) is 5.91 Å². The fourth-order valence-electron chi connectivity index (χ4n) is 3.89. The zero-order chi connectivity index (χ0) is 19.8. The Kier molecular flexibility index (Phi) is 4.93. The van der Waals surface area contributed by atoms with E-state index in [2.05, 4.69) is 30.4 Å². The van der Waals surface area contributed by atoms with E-state index in [1.807, 2.05) is 46.8 Å². The molecule has 7 heteroatoms. The van der Waals surface area contributed by atoms with E-state index in [0.29, 0.717) is 17.6 Å². The van der Waals surface area contributed by atoms with Crippen LogP contribution in [0.1, 0.15) is 42.6 Å². The molecule has 3 aromatic heterocycles. The maximum atomic E-state index is 13.3. The summed E-state index contributed by atoms with van der Waals surface area (Å²) in [4.78, 5) is 27.0. The van der Waals surface area contributed by atoms with Crippen molar-refractivity contribution < 1.29 is 4.79 Å². The maximum Gasteiger partial charge on any atom is 0.274 e. The molecule has 3 aromatic rings. The van der Waals surface area contributed by atoms with E-state index in [0.717, 1.165) is 49.6 Å². The predicted molar refractivity (Wildman–Crippen MR) is 110 cm³/mol. The van der Waals surface area contributed by atoms with Crippen LogP contribution in [0.4, 0.5) is 0 Å². The summed E-state index contributed by atoms with van der Waals surface area (Å²) in [5, 5.41) is 0. The van der Waals surface area contributed by atoms with Crippen LogP contribution in [0.3, 0.4) is 0 Å². The molecule has 0 spiro atoms. The number of pyridine rings is 1. The Morgan fingerprint density at radius 2 is 1.93 bits per heavy atom. The SMILES string of the molecule is Cc1nc(-c2nc(C(=O)N3CCCN(C)CC3)c3ccccn23)cn1C(C)C. The fourth-order valence-corrected chi connectivity index (χ4v) is 3.89. The summed E-state index contributed by atoms with van der Waals surface area (Å²) in [6.45, 7) is 9.68. The topological polar surface area (TPSA) is 58.7 Å². The fraction of sp³-hybridized carbons (Fsp3) is 0.476. The number of carbonyl (C=O) groups excluding carboxylic acids is 1. The van der Waals surface area contributed by atoms with E-state index in [9.17, 15) is 4.79 Å². The number of hydrogen-bond acceptors (Lipinski definition) is 4. The summed E-state index contributed by atoms with van der Waals surface area (Å²) < 4.78 is 4.11. The summed E-state index contributed by atoms with van der Waals surface area (Å²) in [6, 6.07) is 6.19. The number of carbonyl (C=O) groups is 1. The molecule has 1 aliphatic heterocycles. The largest absolute Gasteiger partial charge is 0.336 e. The zero-order valence-corrected chi connectivity index (χ0v) is 17.1. The molecule has 0 N–H and O–H groups in total. The number of fused-ring (bicyclic) bond motifs is 1. The van der Waals surface area contributed by atoms with Gasteiger partial charge >= 0.3 is 0 Å². The summed E-state index contributed by atoms with van der Waals surface area (Å²) >= 11 is 0. The highest BCUT2D eigenvalue weighted by molar-refractivity contribution is 6.00. The van der Waals surface area contributed by atoms with Gasteiger partial charge in [0.15, 0.2) is 11.5 Å². The second-order valence-electron chi connectivity index (χ2n) is 7.86. The minimum Gasteiger partial charge on any atom is -0.336 e. The summed E-state index contributed by atoms with van der Waals surface area (Å²) in [6.07, 6.45) is 4.96. The lowest BCUT2D eigenvalue weighted by Gasteiger charge is -2.19. The number of amides is 1. The van der Waals surface area contributed by atoms with Gasteiger partial charge in [-0.1, -0.05) is 6.07 Å². The van der Waals surface area contributed by atoms with E-state index in [1.54, 1.807) is 0 Å². The van der Waals surface area contributed by atoms with Crippen molar-refractivity contribution >= 4 is 11.4 Å². The molecule has 4 heterocycles.